The zero-order valence-corrected chi connectivity index (χ0v) is 10.5. The third kappa shape index (κ3) is 3.00. The van der Waals surface area contributed by atoms with E-state index in [4.69, 9.17) is 22.6 Å². The lowest BCUT2D eigenvalue weighted by atomic mass is 10.2. The summed E-state index contributed by atoms with van der Waals surface area (Å²) < 4.78 is 0. The van der Waals surface area contributed by atoms with Crippen molar-refractivity contribution in [3.8, 4) is 6.07 Å². The van der Waals surface area contributed by atoms with Crippen LogP contribution in [0.1, 0.15) is 15.9 Å². The van der Waals surface area contributed by atoms with E-state index in [1.165, 1.54) is 12.3 Å². The molecular formula is C13H9ClN4O. The van der Waals surface area contributed by atoms with Crippen molar-refractivity contribution >= 4 is 28.9 Å². The molecule has 94 valence electrons. The van der Waals surface area contributed by atoms with Gasteiger partial charge in [-0.2, -0.15) is 5.26 Å². The Hall–Kier alpha value is -2.58. The topological polar surface area (TPSA) is 91.8 Å². The van der Waals surface area contributed by atoms with E-state index in [2.05, 4.69) is 10.3 Å². The number of hydrogen-bond acceptors (Lipinski definition) is 4. The number of nitrogen functional groups attached to an aromatic ring is 1. The third-order valence-corrected chi connectivity index (χ3v) is 2.60. The monoisotopic (exact) mass is 272 g/mol. The van der Waals surface area contributed by atoms with Crippen molar-refractivity contribution < 1.29 is 4.79 Å². The van der Waals surface area contributed by atoms with Crippen molar-refractivity contribution in [2.24, 2.45) is 0 Å². The molecule has 6 heteroatoms. The molecule has 3 N–H and O–H groups in total. The van der Waals surface area contributed by atoms with E-state index in [9.17, 15) is 4.79 Å². The highest BCUT2D eigenvalue weighted by atomic mass is 35.5. The molecule has 1 amide bonds. The summed E-state index contributed by atoms with van der Waals surface area (Å²) in [6.07, 6.45) is 1.32. The fourth-order valence-corrected chi connectivity index (χ4v) is 1.66. The second kappa shape index (κ2) is 5.38. The SMILES string of the molecule is N#Cc1cccc(NC(=O)c2cc(Cl)ncc2N)c1. The zero-order chi connectivity index (χ0) is 13.8. The Morgan fingerprint density at radius 3 is 2.95 bits per heavy atom. The molecule has 0 radical (unpaired) electrons. The Kier molecular flexibility index (Phi) is 3.64. The maximum atomic E-state index is 12.0. The van der Waals surface area contributed by atoms with Crippen molar-refractivity contribution in [2.45, 2.75) is 0 Å². The average molecular weight is 273 g/mol. The number of nitrogens with two attached hydrogens (primary N) is 1. The van der Waals surface area contributed by atoms with E-state index in [1.807, 2.05) is 6.07 Å². The number of rotatable bonds is 2. The van der Waals surface area contributed by atoms with Gasteiger partial charge in [-0.25, -0.2) is 4.98 Å². The van der Waals surface area contributed by atoms with Crippen LogP contribution in [-0.4, -0.2) is 10.9 Å². The van der Waals surface area contributed by atoms with Crippen LogP contribution in [-0.2, 0) is 0 Å². The van der Waals surface area contributed by atoms with Gasteiger partial charge in [-0.15, -0.1) is 0 Å². The second-order valence-corrected chi connectivity index (χ2v) is 4.13. The lowest BCUT2D eigenvalue weighted by molar-refractivity contribution is 0.102. The lowest BCUT2D eigenvalue weighted by Gasteiger charge is -2.07. The number of nitrogens with one attached hydrogen (secondary N) is 1. The maximum absolute atomic E-state index is 12.0. The number of amides is 1. The number of halogens is 1. The molecule has 0 aliphatic rings. The fourth-order valence-electron chi connectivity index (χ4n) is 1.50. The highest BCUT2D eigenvalue weighted by molar-refractivity contribution is 6.30. The summed E-state index contributed by atoms with van der Waals surface area (Å²) in [5, 5.41) is 11.6. The first kappa shape index (κ1) is 12.9. The Balaban J connectivity index is 2.26. The number of nitrogens with zero attached hydrogens (tertiary/aromatic N) is 2. The molecule has 2 aromatic rings. The van der Waals surface area contributed by atoms with Gasteiger partial charge in [0.2, 0.25) is 0 Å². The van der Waals surface area contributed by atoms with Crippen LogP contribution in [0, 0.1) is 11.3 Å². The van der Waals surface area contributed by atoms with Gasteiger partial charge >= 0.3 is 0 Å². The van der Waals surface area contributed by atoms with Crippen molar-refractivity contribution in [1.82, 2.24) is 4.98 Å². The van der Waals surface area contributed by atoms with Gasteiger partial charge in [0.15, 0.2) is 0 Å². The minimum absolute atomic E-state index is 0.185. The van der Waals surface area contributed by atoms with Crippen LogP contribution >= 0.6 is 11.6 Å². The summed E-state index contributed by atoms with van der Waals surface area (Å²) in [7, 11) is 0. The maximum Gasteiger partial charge on any atom is 0.257 e. The number of carbonyl (C=O) groups excluding carboxylic acids is 1. The fraction of sp³-hybridized carbons (Fsp3) is 0. The van der Waals surface area contributed by atoms with Crippen molar-refractivity contribution in [1.29, 1.82) is 5.26 Å². The second-order valence-electron chi connectivity index (χ2n) is 3.74. The van der Waals surface area contributed by atoms with Crippen LogP contribution in [0.5, 0.6) is 0 Å². The summed E-state index contributed by atoms with van der Waals surface area (Å²) in [5.74, 6) is -0.406. The molecule has 0 fully saturated rings. The van der Waals surface area contributed by atoms with E-state index in [-0.39, 0.29) is 16.4 Å². The van der Waals surface area contributed by atoms with Crippen LogP contribution in [0.2, 0.25) is 5.15 Å². The number of hydrogen-bond donors (Lipinski definition) is 2. The Morgan fingerprint density at radius 1 is 1.42 bits per heavy atom. The summed E-state index contributed by atoms with van der Waals surface area (Å²) in [5.41, 5.74) is 7.11. The molecule has 0 spiro atoms. The van der Waals surface area contributed by atoms with Gasteiger partial charge in [-0.05, 0) is 24.3 Å². The van der Waals surface area contributed by atoms with Gasteiger partial charge in [0.1, 0.15) is 5.15 Å². The molecular weight excluding hydrogens is 264 g/mol. The summed E-state index contributed by atoms with van der Waals surface area (Å²) >= 11 is 5.72. The number of pyridine rings is 1. The Morgan fingerprint density at radius 2 is 2.21 bits per heavy atom. The first-order valence-corrected chi connectivity index (χ1v) is 5.70. The van der Waals surface area contributed by atoms with E-state index in [0.717, 1.165) is 0 Å². The summed E-state index contributed by atoms with van der Waals surface area (Å²) in [6, 6.07) is 9.95. The van der Waals surface area contributed by atoms with E-state index < -0.39 is 5.91 Å². The number of nitriles is 1. The molecule has 19 heavy (non-hydrogen) atoms. The molecule has 0 bridgehead atoms. The highest BCUT2D eigenvalue weighted by Crippen LogP contribution is 2.17. The Labute approximate surface area is 114 Å². The average Bonchev–Trinajstić information content (AvgIpc) is 2.41. The Bertz CT molecular complexity index is 679. The van der Waals surface area contributed by atoms with Gasteiger partial charge in [0.05, 0.1) is 29.1 Å². The predicted molar refractivity (Wildman–Crippen MR) is 72.8 cm³/mol. The molecule has 0 saturated carbocycles. The van der Waals surface area contributed by atoms with Crippen molar-refractivity contribution in [2.75, 3.05) is 11.1 Å². The van der Waals surface area contributed by atoms with E-state index in [0.29, 0.717) is 11.3 Å². The smallest absolute Gasteiger partial charge is 0.257 e. The third-order valence-electron chi connectivity index (χ3n) is 2.40. The van der Waals surface area contributed by atoms with Crippen LogP contribution in [0.3, 0.4) is 0 Å². The van der Waals surface area contributed by atoms with Crippen molar-refractivity contribution in [3.63, 3.8) is 0 Å². The van der Waals surface area contributed by atoms with Crippen LogP contribution in [0.25, 0.3) is 0 Å². The van der Waals surface area contributed by atoms with Gasteiger partial charge in [0.25, 0.3) is 5.91 Å². The predicted octanol–water partition coefficient (Wildman–Crippen LogP) is 2.44. The highest BCUT2D eigenvalue weighted by Gasteiger charge is 2.11. The van der Waals surface area contributed by atoms with Crippen LogP contribution in [0.4, 0.5) is 11.4 Å². The molecule has 1 aromatic carbocycles. The molecule has 0 atom stereocenters. The summed E-state index contributed by atoms with van der Waals surface area (Å²) in [4.78, 5) is 15.8. The normalized spacial score (nSPS) is 9.68. The lowest BCUT2D eigenvalue weighted by Crippen LogP contribution is -2.14. The molecule has 0 aliphatic carbocycles. The van der Waals surface area contributed by atoms with Gasteiger partial charge in [0, 0.05) is 5.69 Å². The van der Waals surface area contributed by atoms with E-state index in [1.54, 1.807) is 24.3 Å². The van der Waals surface area contributed by atoms with Gasteiger partial charge in [-0.1, -0.05) is 17.7 Å². The number of anilines is 2. The molecule has 0 saturated heterocycles. The molecule has 1 heterocycles. The zero-order valence-electron chi connectivity index (χ0n) is 9.72. The minimum Gasteiger partial charge on any atom is -0.397 e. The minimum atomic E-state index is -0.406. The van der Waals surface area contributed by atoms with E-state index >= 15 is 0 Å². The van der Waals surface area contributed by atoms with Crippen LogP contribution in [0.15, 0.2) is 36.5 Å². The quantitative estimate of drug-likeness (QED) is 0.821. The first-order valence-electron chi connectivity index (χ1n) is 5.32. The molecule has 5 nitrogen and oxygen atoms in total. The molecule has 1 aromatic heterocycles. The van der Waals surface area contributed by atoms with Gasteiger partial charge in [-0.3, -0.25) is 4.79 Å². The standard InChI is InChI=1S/C13H9ClN4O/c14-12-5-10(11(16)7-17-12)13(19)18-9-3-1-2-8(4-9)6-15/h1-5,7H,16H2,(H,18,19). The number of benzene rings is 1. The first-order chi connectivity index (χ1) is 9.10. The summed E-state index contributed by atoms with van der Waals surface area (Å²) in [6.45, 7) is 0. The largest absolute Gasteiger partial charge is 0.397 e. The number of carbonyl (C=O) groups is 1. The van der Waals surface area contributed by atoms with Crippen molar-refractivity contribution in [3.05, 3.63) is 52.8 Å². The molecule has 0 aliphatic heterocycles. The number of aromatic nitrogens is 1. The van der Waals surface area contributed by atoms with Crippen LogP contribution < -0.4 is 11.1 Å². The van der Waals surface area contributed by atoms with Gasteiger partial charge < -0.3 is 11.1 Å². The molecule has 2 rings (SSSR count). The molecule has 0 unspecified atom stereocenters.